The average Bonchev–Trinajstić information content (AvgIpc) is 2.71. The first-order chi connectivity index (χ1) is 14.7. The molecule has 1 fully saturated rings. The topological polar surface area (TPSA) is 49.9 Å². The lowest BCUT2D eigenvalue weighted by atomic mass is 10.0. The quantitative estimate of drug-likeness (QED) is 0.653. The number of rotatable bonds is 4. The van der Waals surface area contributed by atoms with Crippen LogP contribution in [0, 0.1) is 17.5 Å². The maximum Gasteiger partial charge on any atom is 0.260 e. The van der Waals surface area contributed by atoms with Crippen molar-refractivity contribution < 1.29 is 27.5 Å². The van der Waals surface area contributed by atoms with Crippen LogP contribution in [0.4, 0.5) is 13.2 Å². The van der Waals surface area contributed by atoms with Crippen molar-refractivity contribution in [3.8, 4) is 5.75 Å². The number of methoxy groups -OCH3 is 1. The summed E-state index contributed by atoms with van der Waals surface area (Å²) >= 11 is 1.17. The molecule has 9 heteroatoms. The van der Waals surface area contributed by atoms with Crippen LogP contribution in [0.5, 0.6) is 5.75 Å². The third-order valence-corrected chi connectivity index (χ3v) is 6.02. The number of amides is 2. The monoisotopic (exact) mass is 452 g/mol. The molecule has 0 spiro atoms. The summed E-state index contributed by atoms with van der Waals surface area (Å²) in [6.45, 7) is 3.58. The van der Waals surface area contributed by atoms with Crippen molar-refractivity contribution in [3.63, 3.8) is 0 Å². The Morgan fingerprint density at radius 3 is 2.03 bits per heavy atom. The number of hydrogen-bond acceptors (Lipinski definition) is 4. The van der Waals surface area contributed by atoms with Gasteiger partial charge in [0.1, 0.15) is 28.8 Å². The van der Waals surface area contributed by atoms with Crippen molar-refractivity contribution in [2.45, 2.75) is 30.8 Å². The molecule has 2 aromatic carbocycles. The number of hydrogen-bond donors (Lipinski definition) is 0. The van der Waals surface area contributed by atoms with Gasteiger partial charge >= 0.3 is 0 Å². The van der Waals surface area contributed by atoms with E-state index in [1.54, 1.807) is 20.1 Å². The van der Waals surface area contributed by atoms with E-state index in [-0.39, 0.29) is 18.7 Å². The molecule has 1 aliphatic heterocycles. The Balaban J connectivity index is 1.82. The van der Waals surface area contributed by atoms with Crippen molar-refractivity contribution in [1.29, 1.82) is 0 Å². The molecular formula is C22H23F3N2O3S. The Morgan fingerprint density at radius 2 is 1.55 bits per heavy atom. The minimum atomic E-state index is -0.924. The fraction of sp³-hybridized carbons (Fsp3) is 0.364. The molecule has 3 rings (SSSR count). The number of benzene rings is 2. The van der Waals surface area contributed by atoms with Gasteiger partial charge in [-0.1, -0.05) is 0 Å². The highest BCUT2D eigenvalue weighted by Gasteiger charge is 2.37. The summed E-state index contributed by atoms with van der Waals surface area (Å²) in [5.41, 5.74) is -0.720. The molecule has 1 saturated heterocycles. The van der Waals surface area contributed by atoms with Gasteiger partial charge in [-0.15, -0.1) is 11.8 Å². The fourth-order valence-corrected chi connectivity index (χ4v) is 4.30. The van der Waals surface area contributed by atoms with Crippen LogP contribution < -0.4 is 4.74 Å². The maximum atomic E-state index is 14.5. The average molecular weight is 452 g/mol. The molecule has 31 heavy (non-hydrogen) atoms. The number of nitrogens with zero attached hydrogens (tertiary/aromatic N) is 2. The molecule has 0 unspecified atom stereocenters. The summed E-state index contributed by atoms with van der Waals surface area (Å²) in [7, 11) is 1.40. The summed E-state index contributed by atoms with van der Waals surface area (Å²) in [5, 5.41) is 0. The summed E-state index contributed by atoms with van der Waals surface area (Å²) in [6, 6.07) is 5.17. The molecule has 5 nitrogen and oxygen atoms in total. The van der Waals surface area contributed by atoms with Gasteiger partial charge in [0.15, 0.2) is 0 Å². The molecule has 0 aromatic heterocycles. The number of carbonyl (C=O) groups excluding carboxylic acids is 2. The Hall–Kier alpha value is -2.68. The highest BCUT2D eigenvalue weighted by Crippen LogP contribution is 2.27. The van der Waals surface area contributed by atoms with E-state index < -0.39 is 46.9 Å². The molecule has 1 aliphatic rings. The molecule has 0 radical (unpaired) electrons. The van der Waals surface area contributed by atoms with Gasteiger partial charge in [0, 0.05) is 36.1 Å². The normalized spacial score (nSPS) is 18.8. The van der Waals surface area contributed by atoms with E-state index in [1.807, 2.05) is 0 Å². The van der Waals surface area contributed by atoms with E-state index in [0.717, 1.165) is 18.2 Å². The van der Waals surface area contributed by atoms with Crippen LogP contribution in [0.15, 0.2) is 35.2 Å². The van der Waals surface area contributed by atoms with Gasteiger partial charge in [0.25, 0.3) is 11.8 Å². The van der Waals surface area contributed by atoms with Gasteiger partial charge in [-0.05, 0) is 44.4 Å². The van der Waals surface area contributed by atoms with E-state index >= 15 is 0 Å². The molecular weight excluding hydrogens is 429 g/mol. The van der Waals surface area contributed by atoms with Crippen LogP contribution >= 0.6 is 11.8 Å². The zero-order valence-electron chi connectivity index (χ0n) is 17.6. The van der Waals surface area contributed by atoms with E-state index in [1.165, 1.54) is 40.8 Å². The number of carbonyl (C=O) groups is 2. The molecule has 0 aliphatic carbocycles. The molecule has 2 aromatic rings. The number of halogens is 3. The first-order valence-corrected chi connectivity index (χ1v) is 10.9. The predicted molar refractivity (Wildman–Crippen MR) is 112 cm³/mol. The fourth-order valence-electron chi connectivity index (χ4n) is 3.86. The van der Waals surface area contributed by atoms with E-state index in [0.29, 0.717) is 10.6 Å². The minimum absolute atomic E-state index is 0.104. The highest BCUT2D eigenvalue weighted by molar-refractivity contribution is 7.98. The van der Waals surface area contributed by atoms with Gasteiger partial charge < -0.3 is 14.5 Å². The molecule has 2 amide bonds. The van der Waals surface area contributed by atoms with Crippen molar-refractivity contribution in [1.82, 2.24) is 9.80 Å². The SMILES string of the molecule is COc1ccc(C(=O)N2C[C@@H](C)N(C(=O)c3c(F)cc(SC)cc3F)[C@H](C)C2)c(F)c1. The van der Waals surface area contributed by atoms with Crippen LogP contribution in [0.25, 0.3) is 0 Å². The molecule has 166 valence electrons. The zero-order valence-corrected chi connectivity index (χ0v) is 18.4. The minimum Gasteiger partial charge on any atom is -0.497 e. The predicted octanol–water partition coefficient (Wildman–Crippen LogP) is 4.21. The smallest absolute Gasteiger partial charge is 0.260 e. The van der Waals surface area contributed by atoms with E-state index in [4.69, 9.17) is 4.74 Å². The number of ether oxygens (including phenoxy) is 1. The highest BCUT2D eigenvalue weighted by atomic mass is 32.2. The maximum absolute atomic E-state index is 14.5. The molecule has 0 bridgehead atoms. The van der Waals surface area contributed by atoms with Gasteiger partial charge in [-0.25, -0.2) is 13.2 Å². The Kier molecular flexibility index (Phi) is 6.83. The molecule has 2 atom stereocenters. The van der Waals surface area contributed by atoms with Crippen molar-refractivity contribution in [2.75, 3.05) is 26.5 Å². The van der Waals surface area contributed by atoms with Crippen molar-refractivity contribution in [2.24, 2.45) is 0 Å². The van der Waals surface area contributed by atoms with Crippen molar-refractivity contribution >= 4 is 23.6 Å². The van der Waals surface area contributed by atoms with Gasteiger partial charge in [-0.3, -0.25) is 9.59 Å². The number of piperazine rings is 1. The molecule has 0 N–H and O–H groups in total. The second kappa shape index (κ2) is 9.21. The van der Waals surface area contributed by atoms with Crippen LogP contribution in [-0.4, -0.2) is 60.2 Å². The summed E-state index contributed by atoms with van der Waals surface area (Å²) < 4.78 is 48.2. The lowest BCUT2D eigenvalue weighted by molar-refractivity contribution is 0.0246. The Labute approximate surface area is 183 Å². The standard InChI is InChI=1S/C22H23F3N2O3S/c1-12-10-26(21(28)16-6-5-14(30-3)7-17(16)23)11-13(2)27(12)22(29)20-18(24)8-15(31-4)9-19(20)25/h5-9,12-13H,10-11H2,1-4H3/t12-,13-/m1/s1. The van der Waals surface area contributed by atoms with Crippen molar-refractivity contribution in [3.05, 3.63) is 58.9 Å². The Bertz CT molecular complexity index is 982. The first-order valence-electron chi connectivity index (χ1n) is 9.66. The summed E-state index contributed by atoms with van der Waals surface area (Å²) in [5.74, 6) is -3.55. The van der Waals surface area contributed by atoms with Gasteiger partial charge in [-0.2, -0.15) is 0 Å². The zero-order chi connectivity index (χ0) is 22.9. The van der Waals surface area contributed by atoms with E-state index in [9.17, 15) is 22.8 Å². The number of thioether (sulfide) groups is 1. The first kappa shape index (κ1) is 23.0. The molecule has 0 saturated carbocycles. The molecule has 1 heterocycles. The second-order valence-electron chi connectivity index (χ2n) is 7.43. The lowest BCUT2D eigenvalue weighted by Crippen LogP contribution is -2.60. The van der Waals surface area contributed by atoms with Crippen LogP contribution in [0.2, 0.25) is 0 Å². The van der Waals surface area contributed by atoms with Gasteiger partial charge in [0.05, 0.1) is 12.7 Å². The largest absolute Gasteiger partial charge is 0.497 e. The second-order valence-corrected chi connectivity index (χ2v) is 8.31. The summed E-state index contributed by atoms with van der Waals surface area (Å²) in [4.78, 5) is 29.0. The third-order valence-electron chi connectivity index (χ3n) is 5.31. The van der Waals surface area contributed by atoms with Gasteiger partial charge in [0.2, 0.25) is 0 Å². The lowest BCUT2D eigenvalue weighted by Gasteiger charge is -2.44. The van der Waals surface area contributed by atoms with Crippen LogP contribution in [0.3, 0.4) is 0 Å². The summed E-state index contributed by atoms with van der Waals surface area (Å²) in [6.07, 6.45) is 1.68. The third kappa shape index (κ3) is 4.51. The Morgan fingerprint density at radius 1 is 0.968 bits per heavy atom. The van der Waals surface area contributed by atoms with Crippen LogP contribution in [0.1, 0.15) is 34.6 Å². The van der Waals surface area contributed by atoms with Crippen LogP contribution in [-0.2, 0) is 0 Å². The van der Waals surface area contributed by atoms with E-state index in [2.05, 4.69) is 0 Å².